The molecule has 4 rings (SSSR count). The summed E-state index contributed by atoms with van der Waals surface area (Å²) in [7, 11) is -3.70. The van der Waals surface area contributed by atoms with Crippen LogP contribution < -0.4 is 4.80 Å². The largest absolute Gasteiger partial charge is 0.312 e. The molecule has 0 fully saturated rings. The van der Waals surface area contributed by atoms with Gasteiger partial charge in [-0.3, -0.25) is 4.79 Å². The maximum atomic E-state index is 13.2. The first kappa shape index (κ1) is 23.8. The zero-order valence-corrected chi connectivity index (χ0v) is 20.4. The van der Waals surface area contributed by atoms with Crippen molar-refractivity contribution < 1.29 is 13.2 Å². The minimum Gasteiger partial charge on any atom is -0.312 e. The van der Waals surface area contributed by atoms with E-state index in [1.54, 1.807) is 13.0 Å². The lowest BCUT2D eigenvalue weighted by atomic mass is 10.2. The van der Waals surface area contributed by atoms with Crippen LogP contribution in [0.1, 0.15) is 22.8 Å². The van der Waals surface area contributed by atoms with E-state index in [1.807, 2.05) is 59.2 Å². The summed E-state index contributed by atoms with van der Waals surface area (Å²) in [5.41, 5.74) is 2.22. The highest BCUT2D eigenvalue weighted by molar-refractivity contribution is 7.89. The first-order chi connectivity index (χ1) is 16.4. The van der Waals surface area contributed by atoms with Crippen molar-refractivity contribution in [3.8, 4) is 0 Å². The molecule has 0 N–H and O–H groups in total. The fourth-order valence-electron chi connectivity index (χ4n) is 3.64. The van der Waals surface area contributed by atoms with Gasteiger partial charge in [0.15, 0.2) is 4.80 Å². The SMILES string of the molecule is C=CCn1c(=NC(=O)c2ccc(S(=O)(=O)N(CC)Cc3ccccc3)cc2)sc2ccccc21. The summed E-state index contributed by atoms with van der Waals surface area (Å²) >= 11 is 1.43. The van der Waals surface area contributed by atoms with E-state index in [4.69, 9.17) is 0 Å². The first-order valence-corrected chi connectivity index (χ1v) is 13.1. The highest BCUT2D eigenvalue weighted by Crippen LogP contribution is 2.20. The number of fused-ring (bicyclic) bond motifs is 1. The van der Waals surface area contributed by atoms with Crippen LogP contribution in [0.4, 0.5) is 0 Å². The molecular weight excluding hydrogens is 466 g/mol. The highest BCUT2D eigenvalue weighted by Gasteiger charge is 2.23. The smallest absolute Gasteiger partial charge is 0.279 e. The van der Waals surface area contributed by atoms with Gasteiger partial charge in [0, 0.05) is 25.2 Å². The molecule has 0 atom stereocenters. The third kappa shape index (κ3) is 4.94. The standard InChI is InChI=1S/C26H25N3O3S2/c1-3-18-29-23-12-8-9-13-24(23)33-26(29)27-25(30)21-14-16-22(17-15-21)34(31,32)28(4-2)19-20-10-6-5-7-11-20/h3,5-17H,1,4,18-19H2,2H3. The van der Waals surface area contributed by atoms with E-state index in [9.17, 15) is 13.2 Å². The zero-order chi connectivity index (χ0) is 24.1. The van der Waals surface area contributed by atoms with Crippen molar-refractivity contribution in [3.63, 3.8) is 0 Å². The van der Waals surface area contributed by atoms with Crippen molar-refractivity contribution in [2.24, 2.45) is 4.99 Å². The number of benzene rings is 3. The van der Waals surface area contributed by atoms with Crippen LogP contribution in [0.3, 0.4) is 0 Å². The summed E-state index contributed by atoms with van der Waals surface area (Å²) in [5.74, 6) is -0.426. The lowest BCUT2D eigenvalue weighted by Gasteiger charge is -2.20. The van der Waals surface area contributed by atoms with E-state index < -0.39 is 15.9 Å². The predicted octanol–water partition coefficient (Wildman–Crippen LogP) is 4.84. The number of hydrogen-bond acceptors (Lipinski definition) is 4. The van der Waals surface area contributed by atoms with Gasteiger partial charge in [0.25, 0.3) is 5.91 Å². The lowest BCUT2D eigenvalue weighted by Crippen LogP contribution is -2.30. The van der Waals surface area contributed by atoms with E-state index in [2.05, 4.69) is 11.6 Å². The van der Waals surface area contributed by atoms with E-state index >= 15 is 0 Å². The number of para-hydroxylation sites is 1. The molecule has 0 aliphatic rings. The first-order valence-electron chi connectivity index (χ1n) is 10.9. The molecular formula is C26H25N3O3S2. The Morgan fingerprint density at radius 2 is 1.71 bits per heavy atom. The molecule has 6 nitrogen and oxygen atoms in total. The number of nitrogens with zero attached hydrogens (tertiary/aromatic N) is 3. The number of thiazole rings is 1. The Balaban J connectivity index is 1.61. The third-order valence-electron chi connectivity index (χ3n) is 5.39. The lowest BCUT2D eigenvalue weighted by molar-refractivity contribution is 0.0997. The topological polar surface area (TPSA) is 71.7 Å². The molecule has 0 aliphatic carbocycles. The molecule has 1 amide bonds. The minimum absolute atomic E-state index is 0.144. The van der Waals surface area contributed by atoms with E-state index in [0.29, 0.717) is 23.5 Å². The number of carbonyl (C=O) groups is 1. The Hall–Kier alpha value is -3.33. The Bertz CT molecular complexity index is 1490. The number of sulfonamides is 1. The van der Waals surface area contributed by atoms with Gasteiger partial charge in [-0.2, -0.15) is 9.30 Å². The van der Waals surface area contributed by atoms with Gasteiger partial charge >= 0.3 is 0 Å². The van der Waals surface area contributed by atoms with Gasteiger partial charge in [0.2, 0.25) is 10.0 Å². The molecule has 0 saturated heterocycles. The van der Waals surface area contributed by atoms with Crippen LogP contribution in [-0.4, -0.2) is 29.7 Å². The van der Waals surface area contributed by atoms with Crippen molar-refractivity contribution in [2.75, 3.05) is 6.54 Å². The van der Waals surface area contributed by atoms with Crippen molar-refractivity contribution >= 4 is 37.5 Å². The van der Waals surface area contributed by atoms with Crippen molar-refractivity contribution in [2.45, 2.75) is 24.9 Å². The van der Waals surface area contributed by atoms with Gasteiger partial charge in [-0.05, 0) is 42.0 Å². The van der Waals surface area contributed by atoms with E-state index in [0.717, 1.165) is 15.8 Å². The van der Waals surface area contributed by atoms with E-state index in [1.165, 1.54) is 39.9 Å². The molecule has 0 spiro atoms. The molecule has 0 radical (unpaired) electrons. The molecule has 34 heavy (non-hydrogen) atoms. The van der Waals surface area contributed by atoms with Crippen LogP contribution in [-0.2, 0) is 23.1 Å². The molecule has 0 bridgehead atoms. The second-order valence-electron chi connectivity index (χ2n) is 7.61. The quantitative estimate of drug-likeness (QED) is 0.331. The summed E-state index contributed by atoms with van der Waals surface area (Å²) in [5, 5.41) is 0. The highest BCUT2D eigenvalue weighted by atomic mass is 32.2. The normalized spacial score (nSPS) is 12.4. The molecule has 0 saturated carbocycles. The van der Waals surface area contributed by atoms with Crippen LogP contribution in [0.15, 0.2) is 101 Å². The monoisotopic (exact) mass is 491 g/mol. The Morgan fingerprint density at radius 1 is 1.03 bits per heavy atom. The number of amides is 1. The van der Waals surface area contributed by atoms with Crippen molar-refractivity contribution in [1.82, 2.24) is 8.87 Å². The number of allylic oxidation sites excluding steroid dienone is 1. The number of hydrogen-bond donors (Lipinski definition) is 0. The molecule has 1 aromatic heterocycles. The van der Waals surface area contributed by atoms with Gasteiger partial charge < -0.3 is 4.57 Å². The molecule has 1 heterocycles. The van der Waals surface area contributed by atoms with E-state index in [-0.39, 0.29) is 11.4 Å². The van der Waals surface area contributed by atoms with Gasteiger partial charge in [0.05, 0.1) is 15.1 Å². The number of rotatable bonds is 8. The molecule has 174 valence electrons. The summed E-state index contributed by atoms with van der Waals surface area (Å²) in [6.07, 6.45) is 1.76. The minimum atomic E-state index is -3.70. The summed E-state index contributed by atoms with van der Waals surface area (Å²) in [4.78, 5) is 17.9. The second-order valence-corrected chi connectivity index (χ2v) is 10.6. The van der Waals surface area contributed by atoms with Crippen LogP contribution in [0.2, 0.25) is 0 Å². The van der Waals surface area contributed by atoms with Crippen molar-refractivity contribution in [1.29, 1.82) is 0 Å². The van der Waals surface area contributed by atoms with Gasteiger partial charge in [-0.1, -0.05) is 66.8 Å². The number of carbonyl (C=O) groups excluding carboxylic acids is 1. The maximum Gasteiger partial charge on any atom is 0.279 e. The fraction of sp³-hybridized carbons (Fsp3) is 0.154. The second kappa shape index (κ2) is 10.3. The number of aromatic nitrogens is 1. The molecule has 8 heteroatoms. The Kier molecular flexibility index (Phi) is 7.21. The summed E-state index contributed by atoms with van der Waals surface area (Å²) < 4.78 is 30.7. The van der Waals surface area contributed by atoms with Crippen LogP contribution >= 0.6 is 11.3 Å². The van der Waals surface area contributed by atoms with Gasteiger partial charge in [-0.25, -0.2) is 8.42 Å². The maximum absolute atomic E-state index is 13.2. The average Bonchev–Trinajstić information content (AvgIpc) is 3.20. The third-order valence-corrected chi connectivity index (χ3v) is 8.38. The molecule has 0 aliphatic heterocycles. The van der Waals surface area contributed by atoms with Gasteiger partial charge in [-0.15, -0.1) is 6.58 Å². The molecule has 0 unspecified atom stereocenters. The summed E-state index contributed by atoms with van der Waals surface area (Å²) in [6, 6.07) is 23.3. The fourth-order valence-corrected chi connectivity index (χ4v) is 6.11. The van der Waals surface area contributed by atoms with Crippen LogP contribution in [0.5, 0.6) is 0 Å². The Labute approximate surface area is 203 Å². The predicted molar refractivity (Wildman–Crippen MR) is 136 cm³/mol. The van der Waals surface area contributed by atoms with Gasteiger partial charge in [0.1, 0.15) is 0 Å². The Morgan fingerprint density at radius 3 is 2.38 bits per heavy atom. The average molecular weight is 492 g/mol. The van der Waals surface area contributed by atoms with Crippen LogP contribution in [0.25, 0.3) is 10.2 Å². The van der Waals surface area contributed by atoms with Crippen LogP contribution in [0, 0.1) is 0 Å². The zero-order valence-electron chi connectivity index (χ0n) is 18.8. The van der Waals surface area contributed by atoms with Crippen molar-refractivity contribution in [3.05, 3.63) is 107 Å². The molecule has 3 aromatic carbocycles. The summed E-state index contributed by atoms with van der Waals surface area (Å²) in [6.45, 7) is 6.75. The molecule has 4 aromatic rings.